The molecule has 1 aromatic rings. The van der Waals surface area contributed by atoms with Crippen LogP contribution in [0.3, 0.4) is 0 Å². The Bertz CT molecular complexity index is 357. The van der Waals surface area contributed by atoms with Crippen LogP contribution in [0.1, 0.15) is 35.8 Å². The van der Waals surface area contributed by atoms with E-state index >= 15 is 0 Å². The summed E-state index contributed by atoms with van der Waals surface area (Å²) in [5, 5.41) is 4.32. The van der Waals surface area contributed by atoms with Crippen LogP contribution in [0, 0.1) is 26.2 Å². The minimum atomic E-state index is 0.0137. The van der Waals surface area contributed by atoms with Crippen molar-refractivity contribution >= 4 is 0 Å². The third-order valence-electron chi connectivity index (χ3n) is 2.54. The summed E-state index contributed by atoms with van der Waals surface area (Å²) in [4.78, 5) is 0. The minimum absolute atomic E-state index is 0.0137. The van der Waals surface area contributed by atoms with Gasteiger partial charge in [-0.25, -0.2) is 0 Å². The van der Waals surface area contributed by atoms with Crippen molar-refractivity contribution in [1.82, 2.24) is 9.78 Å². The van der Waals surface area contributed by atoms with Crippen molar-refractivity contribution in [2.24, 2.45) is 12.8 Å². The molecule has 0 saturated carbocycles. The average molecular weight is 191 g/mol. The smallest absolute Gasteiger partial charge is 0.0644 e. The molecule has 76 valence electrons. The van der Waals surface area contributed by atoms with E-state index in [1.807, 2.05) is 25.6 Å². The highest BCUT2D eigenvalue weighted by atomic mass is 15.3. The maximum Gasteiger partial charge on any atom is 0.0644 e. The zero-order valence-electron chi connectivity index (χ0n) is 9.04. The fourth-order valence-electron chi connectivity index (χ4n) is 1.71. The van der Waals surface area contributed by atoms with Crippen molar-refractivity contribution in [2.45, 2.75) is 32.7 Å². The SMILES string of the molecule is C#CCCC(N)c1c(C)nn(C)c1C. The molecule has 0 aromatic carbocycles. The monoisotopic (exact) mass is 191 g/mol. The van der Waals surface area contributed by atoms with Crippen molar-refractivity contribution in [2.75, 3.05) is 0 Å². The first kappa shape index (κ1) is 10.8. The predicted molar refractivity (Wildman–Crippen MR) is 57.7 cm³/mol. The first-order valence-electron chi connectivity index (χ1n) is 4.77. The van der Waals surface area contributed by atoms with Crippen LogP contribution in [0.4, 0.5) is 0 Å². The molecule has 0 spiro atoms. The summed E-state index contributed by atoms with van der Waals surface area (Å²) < 4.78 is 1.86. The summed E-state index contributed by atoms with van der Waals surface area (Å²) in [7, 11) is 1.93. The number of nitrogens with two attached hydrogens (primary N) is 1. The van der Waals surface area contributed by atoms with Gasteiger partial charge in [-0.05, 0) is 20.3 Å². The fourth-order valence-corrected chi connectivity index (χ4v) is 1.71. The third-order valence-corrected chi connectivity index (χ3v) is 2.54. The van der Waals surface area contributed by atoms with Crippen molar-refractivity contribution in [1.29, 1.82) is 0 Å². The Morgan fingerprint density at radius 2 is 2.21 bits per heavy atom. The van der Waals surface area contributed by atoms with Gasteiger partial charge in [-0.15, -0.1) is 12.3 Å². The van der Waals surface area contributed by atoms with Gasteiger partial charge in [0, 0.05) is 30.8 Å². The number of hydrogen-bond acceptors (Lipinski definition) is 2. The van der Waals surface area contributed by atoms with E-state index in [1.54, 1.807) is 0 Å². The third kappa shape index (κ3) is 1.97. The maximum absolute atomic E-state index is 6.05. The number of rotatable bonds is 3. The predicted octanol–water partition coefficient (Wildman–Crippen LogP) is 1.45. The van der Waals surface area contributed by atoms with Gasteiger partial charge in [0.05, 0.1) is 5.69 Å². The van der Waals surface area contributed by atoms with Crippen LogP contribution >= 0.6 is 0 Å². The second-order valence-electron chi connectivity index (χ2n) is 3.56. The van der Waals surface area contributed by atoms with E-state index in [4.69, 9.17) is 12.2 Å². The molecule has 1 unspecified atom stereocenters. The molecule has 0 amide bonds. The van der Waals surface area contributed by atoms with Gasteiger partial charge in [0.2, 0.25) is 0 Å². The zero-order valence-corrected chi connectivity index (χ0v) is 9.04. The highest BCUT2D eigenvalue weighted by Crippen LogP contribution is 2.22. The van der Waals surface area contributed by atoms with Gasteiger partial charge < -0.3 is 5.73 Å². The van der Waals surface area contributed by atoms with E-state index in [2.05, 4.69) is 11.0 Å². The topological polar surface area (TPSA) is 43.8 Å². The Morgan fingerprint density at radius 3 is 2.64 bits per heavy atom. The summed E-state index contributed by atoms with van der Waals surface area (Å²) in [5.41, 5.74) is 9.33. The number of nitrogens with zero attached hydrogens (tertiary/aromatic N) is 2. The summed E-state index contributed by atoms with van der Waals surface area (Å²) in [6.45, 7) is 4.02. The van der Waals surface area contributed by atoms with E-state index in [1.165, 1.54) is 0 Å². The van der Waals surface area contributed by atoms with Crippen LogP contribution in [-0.4, -0.2) is 9.78 Å². The molecule has 1 heterocycles. The molecule has 14 heavy (non-hydrogen) atoms. The maximum atomic E-state index is 6.05. The van der Waals surface area contributed by atoms with Crippen LogP contribution in [0.25, 0.3) is 0 Å². The van der Waals surface area contributed by atoms with Crippen molar-refractivity contribution in [3.63, 3.8) is 0 Å². The quantitative estimate of drug-likeness (QED) is 0.735. The molecule has 0 bridgehead atoms. The summed E-state index contributed by atoms with van der Waals surface area (Å²) in [5.74, 6) is 2.61. The minimum Gasteiger partial charge on any atom is -0.324 e. The number of aromatic nitrogens is 2. The van der Waals surface area contributed by atoms with Crippen LogP contribution in [-0.2, 0) is 7.05 Å². The van der Waals surface area contributed by atoms with Gasteiger partial charge in [0.25, 0.3) is 0 Å². The molecular weight excluding hydrogens is 174 g/mol. The zero-order chi connectivity index (χ0) is 10.7. The summed E-state index contributed by atoms with van der Waals surface area (Å²) in [6.07, 6.45) is 6.75. The lowest BCUT2D eigenvalue weighted by atomic mass is 10.0. The van der Waals surface area contributed by atoms with Gasteiger partial charge in [-0.1, -0.05) is 0 Å². The molecule has 0 saturated heterocycles. The van der Waals surface area contributed by atoms with Gasteiger partial charge in [0.1, 0.15) is 0 Å². The van der Waals surface area contributed by atoms with Gasteiger partial charge in [-0.3, -0.25) is 4.68 Å². The lowest BCUT2D eigenvalue weighted by Crippen LogP contribution is -2.12. The molecule has 0 radical (unpaired) electrons. The molecule has 0 aliphatic heterocycles. The second-order valence-corrected chi connectivity index (χ2v) is 3.56. The van der Waals surface area contributed by atoms with Gasteiger partial charge in [0.15, 0.2) is 0 Å². The molecule has 3 heteroatoms. The van der Waals surface area contributed by atoms with Crippen LogP contribution in [0.15, 0.2) is 0 Å². The fraction of sp³-hybridized carbons (Fsp3) is 0.545. The Morgan fingerprint density at radius 1 is 1.57 bits per heavy atom. The van der Waals surface area contributed by atoms with Crippen LogP contribution in [0.5, 0.6) is 0 Å². The Balaban J connectivity index is 2.89. The molecule has 0 aliphatic rings. The summed E-state index contributed by atoms with van der Waals surface area (Å²) in [6, 6.07) is 0.0137. The second kappa shape index (κ2) is 4.30. The molecule has 0 fully saturated rings. The highest BCUT2D eigenvalue weighted by molar-refractivity contribution is 5.27. The van der Waals surface area contributed by atoms with E-state index in [-0.39, 0.29) is 6.04 Å². The van der Waals surface area contributed by atoms with Crippen LogP contribution in [0.2, 0.25) is 0 Å². The molecule has 0 aliphatic carbocycles. The molecule has 2 N–H and O–H groups in total. The highest BCUT2D eigenvalue weighted by Gasteiger charge is 2.15. The lowest BCUT2D eigenvalue weighted by molar-refractivity contribution is 0.656. The summed E-state index contributed by atoms with van der Waals surface area (Å²) >= 11 is 0. The molecular formula is C11H17N3. The van der Waals surface area contributed by atoms with Crippen molar-refractivity contribution in [3.8, 4) is 12.3 Å². The molecule has 3 nitrogen and oxygen atoms in total. The molecule has 1 rings (SSSR count). The average Bonchev–Trinajstić information content (AvgIpc) is 2.38. The number of terminal acetylenes is 1. The standard InChI is InChI=1S/C11H17N3/c1-5-6-7-10(12)11-8(2)13-14(4)9(11)3/h1,10H,6-7,12H2,2-4H3. The van der Waals surface area contributed by atoms with Crippen LogP contribution < -0.4 is 5.73 Å². The van der Waals surface area contributed by atoms with E-state index < -0.39 is 0 Å². The van der Waals surface area contributed by atoms with Crippen molar-refractivity contribution < 1.29 is 0 Å². The van der Waals surface area contributed by atoms with Crippen molar-refractivity contribution in [3.05, 3.63) is 17.0 Å². The molecule has 1 atom stereocenters. The first-order valence-corrected chi connectivity index (χ1v) is 4.77. The van der Waals surface area contributed by atoms with E-state index in [9.17, 15) is 0 Å². The lowest BCUT2D eigenvalue weighted by Gasteiger charge is -2.10. The first-order chi connectivity index (χ1) is 6.57. The largest absolute Gasteiger partial charge is 0.324 e. The van der Waals surface area contributed by atoms with Gasteiger partial charge >= 0.3 is 0 Å². The van der Waals surface area contributed by atoms with E-state index in [0.29, 0.717) is 0 Å². The number of aryl methyl sites for hydroxylation is 2. The number of hydrogen-bond donors (Lipinski definition) is 1. The normalized spacial score (nSPS) is 12.5. The molecule has 1 aromatic heterocycles. The van der Waals surface area contributed by atoms with E-state index in [0.717, 1.165) is 29.8 Å². The Labute approximate surface area is 85.3 Å². The Kier molecular flexibility index (Phi) is 3.32. The Hall–Kier alpha value is -1.27. The van der Waals surface area contributed by atoms with Gasteiger partial charge in [-0.2, -0.15) is 5.10 Å².